The zero-order chi connectivity index (χ0) is 14.1. The highest BCUT2D eigenvalue weighted by Crippen LogP contribution is 2.27. The van der Waals surface area contributed by atoms with Crippen molar-refractivity contribution in [3.8, 4) is 0 Å². The van der Waals surface area contributed by atoms with Crippen LogP contribution in [0.1, 0.15) is 23.3 Å². The van der Waals surface area contributed by atoms with Gasteiger partial charge in [-0.2, -0.15) is 0 Å². The van der Waals surface area contributed by atoms with Gasteiger partial charge in [0.25, 0.3) is 0 Å². The summed E-state index contributed by atoms with van der Waals surface area (Å²) in [6, 6.07) is 3.93. The molecular formula is C14H20N4O2. The molecule has 1 atom stereocenters. The van der Waals surface area contributed by atoms with Crippen molar-refractivity contribution in [1.82, 2.24) is 9.88 Å². The molecular weight excluding hydrogens is 256 g/mol. The van der Waals surface area contributed by atoms with Gasteiger partial charge in [-0.05, 0) is 31.5 Å². The molecule has 2 N–H and O–H groups in total. The Bertz CT molecular complexity index is 520. The fraction of sp³-hybridized carbons (Fsp3) is 0.571. The molecule has 2 saturated heterocycles. The van der Waals surface area contributed by atoms with Crippen molar-refractivity contribution in [3.05, 3.63) is 17.8 Å². The van der Waals surface area contributed by atoms with E-state index in [1.807, 2.05) is 0 Å². The number of hydrogen-bond acceptors (Lipinski definition) is 6. The third-order valence-electron chi connectivity index (χ3n) is 4.19. The third kappa shape index (κ3) is 2.31. The van der Waals surface area contributed by atoms with Gasteiger partial charge >= 0.3 is 5.97 Å². The molecule has 1 unspecified atom stereocenters. The molecule has 0 saturated carbocycles. The molecule has 0 aliphatic carbocycles. The highest BCUT2D eigenvalue weighted by Gasteiger charge is 2.31. The van der Waals surface area contributed by atoms with Gasteiger partial charge in [-0.3, -0.25) is 4.90 Å². The molecule has 1 aromatic rings. The van der Waals surface area contributed by atoms with Crippen molar-refractivity contribution in [3.63, 3.8) is 0 Å². The normalized spacial score (nSPS) is 22.6. The van der Waals surface area contributed by atoms with Gasteiger partial charge in [0.05, 0.1) is 12.8 Å². The second-order valence-electron chi connectivity index (χ2n) is 5.38. The average molecular weight is 276 g/mol. The number of anilines is 2. The van der Waals surface area contributed by atoms with E-state index < -0.39 is 5.97 Å². The van der Waals surface area contributed by atoms with Gasteiger partial charge in [0, 0.05) is 25.7 Å². The van der Waals surface area contributed by atoms with E-state index >= 15 is 0 Å². The van der Waals surface area contributed by atoms with Gasteiger partial charge in [0.1, 0.15) is 0 Å². The molecule has 6 nitrogen and oxygen atoms in total. The summed E-state index contributed by atoms with van der Waals surface area (Å²) in [5, 5.41) is 0. The van der Waals surface area contributed by atoms with E-state index in [4.69, 9.17) is 10.5 Å². The highest BCUT2D eigenvalue weighted by atomic mass is 16.5. The minimum Gasteiger partial charge on any atom is -0.464 e. The van der Waals surface area contributed by atoms with Crippen molar-refractivity contribution in [2.45, 2.75) is 18.9 Å². The predicted molar refractivity (Wildman–Crippen MR) is 76.8 cm³/mol. The van der Waals surface area contributed by atoms with Crippen LogP contribution in [0.15, 0.2) is 12.1 Å². The SMILES string of the molecule is COC(=O)c1ccc(N)c(N2CCN3CCCC3C2)n1. The van der Waals surface area contributed by atoms with Crippen molar-refractivity contribution in [1.29, 1.82) is 0 Å². The number of nitrogens with two attached hydrogens (primary N) is 1. The number of nitrogens with zero attached hydrogens (tertiary/aromatic N) is 3. The molecule has 0 aromatic carbocycles. The molecule has 2 aliphatic rings. The summed E-state index contributed by atoms with van der Waals surface area (Å²) in [4.78, 5) is 20.7. The number of aromatic nitrogens is 1. The van der Waals surface area contributed by atoms with E-state index in [2.05, 4.69) is 14.8 Å². The highest BCUT2D eigenvalue weighted by molar-refractivity contribution is 5.88. The van der Waals surface area contributed by atoms with Crippen LogP contribution in [-0.4, -0.2) is 55.2 Å². The van der Waals surface area contributed by atoms with Gasteiger partial charge in [0.2, 0.25) is 0 Å². The second-order valence-corrected chi connectivity index (χ2v) is 5.38. The smallest absolute Gasteiger partial charge is 0.356 e. The Morgan fingerprint density at radius 3 is 3.05 bits per heavy atom. The predicted octanol–water partition coefficient (Wildman–Crippen LogP) is 0.735. The monoisotopic (exact) mass is 276 g/mol. The maximum Gasteiger partial charge on any atom is 0.356 e. The fourth-order valence-electron chi connectivity index (χ4n) is 3.11. The van der Waals surface area contributed by atoms with Crippen LogP contribution in [0.4, 0.5) is 11.5 Å². The Hall–Kier alpha value is -1.82. The molecule has 20 heavy (non-hydrogen) atoms. The van der Waals surface area contributed by atoms with Crippen molar-refractivity contribution in [2.75, 3.05) is 43.9 Å². The molecule has 108 valence electrons. The fourth-order valence-corrected chi connectivity index (χ4v) is 3.11. The zero-order valence-electron chi connectivity index (χ0n) is 11.7. The summed E-state index contributed by atoms with van der Waals surface area (Å²) in [5.41, 5.74) is 6.95. The molecule has 6 heteroatoms. The van der Waals surface area contributed by atoms with Gasteiger partial charge in [-0.15, -0.1) is 0 Å². The molecule has 0 radical (unpaired) electrons. The number of fused-ring (bicyclic) bond motifs is 1. The van der Waals surface area contributed by atoms with Crippen molar-refractivity contribution in [2.24, 2.45) is 0 Å². The summed E-state index contributed by atoms with van der Waals surface area (Å²) in [6.07, 6.45) is 2.50. The summed E-state index contributed by atoms with van der Waals surface area (Å²) >= 11 is 0. The molecule has 0 spiro atoms. The van der Waals surface area contributed by atoms with E-state index in [1.165, 1.54) is 26.5 Å². The van der Waals surface area contributed by atoms with Crippen LogP contribution >= 0.6 is 0 Å². The molecule has 2 aliphatic heterocycles. The lowest BCUT2D eigenvalue weighted by molar-refractivity contribution is 0.0594. The van der Waals surface area contributed by atoms with Gasteiger partial charge in [-0.1, -0.05) is 0 Å². The first-order valence-electron chi connectivity index (χ1n) is 7.03. The zero-order valence-corrected chi connectivity index (χ0v) is 11.7. The van der Waals surface area contributed by atoms with Gasteiger partial charge in [-0.25, -0.2) is 9.78 Å². The quantitative estimate of drug-likeness (QED) is 0.803. The van der Waals surface area contributed by atoms with Crippen LogP contribution in [0.5, 0.6) is 0 Å². The van der Waals surface area contributed by atoms with E-state index in [9.17, 15) is 4.79 Å². The summed E-state index contributed by atoms with van der Waals surface area (Å²) in [5.74, 6) is 0.283. The lowest BCUT2D eigenvalue weighted by Crippen LogP contribution is -2.50. The summed E-state index contributed by atoms with van der Waals surface area (Å²) < 4.78 is 4.72. The number of rotatable bonds is 2. The average Bonchev–Trinajstić information content (AvgIpc) is 2.94. The summed E-state index contributed by atoms with van der Waals surface area (Å²) in [7, 11) is 1.36. The Morgan fingerprint density at radius 2 is 2.25 bits per heavy atom. The molecule has 0 amide bonds. The number of esters is 1. The van der Waals surface area contributed by atoms with Crippen LogP contribution in [0.3, 0.4) is 0 Å². The Morgan fingerprint density at radius 1 is 1.40 bits per heavy atom. The molecule has 3 heterocycles. The number of pyridine rings is 1. The van der Waals surface area contributed by atoms with Crippen molar-refractivity contribution >= 4 is 17.5 Å². The van der Waals surface area contributed by atoms with Crippen LogP contribution in [-0.2, 0) is 4.74 Å². The number of hydrogen-bond donors (Lipinski definition) is 1. The first-order chi connectivity index (χ1) is 9.69. The first-order valence-corrected chi connectivity index (χ1v) is 7.03. The number of ether oxygens (including phenoxy) is 1. The van der Waals surface area contributed by atoms with Crippen molar-refractivity contribution < 1.29 is 9.53 Å². The number of nitrogen functional groups attached to an aromatic ring is 1. The summed E-state index contributed by atoms with van der Waals surface area (Å²) in [6.45, 7) is 4.07. The van der Waals surface area contributed by atoms with E-state index in [0.717, 1.165) is 19.6 Å². The van der Waals surface area contributed by atoms with E-state index in [1.54, 1.807) is 12.1 Å². The largest absolute Gasteiger partial charge is 0.464 e. The Balaban J connectivity index is 1.84. The lowest BCUT2D eigenvalue weighted by Gasteiger charge is -2.38. The van der Waals surface area contributed by atoms with E-state index in [-0.39, 0.29) is 0 Å². The number of carbonyl (C=O) groups is 1. The standard InChI is InChI=1S/C14H20N4O2/c1-20-14(19)12-5-4-11(15)13(16-12)18-8-7-17-6-2-3-10(17)9-18/h4-5,10H,2-3,6-9,15H2,1H3. The minimum atomic E-state index is -0.425. The topological polar surface area (TPSA) is 71.7 Å². The Labute approximate surface area is 118 Å². The van der Waals surface area contributed by atoms with Crippen LogP contribution in [0, 0.1) is 0 Å². The Kier molecular flexibility index (Phi) is 3.48. The van der Waals surface area contributed by atoms with Crippen LogP contribution in [0.25, 0.3) is 0 Å². The maximum absolute atomic E-state index is 11.6. The second kappa shape index (κ2) is 5.28. The number of methoxy groups -OCH3 is 1. The minimum absolute atomic E-state index is 0.311. The lowest BCUT2D eigenvalue weighted by atomic mass is 10.1. The third-order valence-corrected chi connectivity index (χ3v) is 4.19. The van der Waals surface area contributed by atoms with E-state index in [0.29, 0.717) is 23.2 Å². The van der Waals surface area contributed by atoms with Gasteiger partial charge in [0.15, 0.2) is 11.5 Å². The van der Waals surface area contributed by atoms with Crippen LogP contribution in [0.2, 0.25) is 0 Å². The molecule has 1 aromatic heterocycles. The maximum atomic E-state index is 11.6. The first kappa shape index (κ1) is 13.2. The van der Waals surface area contributed by atoms with Gasteiger partial charge < -0.3 is 15.4 Å². The number of carbonyl (C=O) groups excluding carboxylic acids is 1. The molecule has 2 fully saturated rings. The molecule has 3 rings (SSSR count). The van der Waals surface area contributed by atoms with Crippen LogP contribution < -0.4 is 10.6 Å². The number of piperazine rings is 1. The molecule has 0 bridgehead atoms.